The molecule has 0 spiro atoms. The molecule has 0 unspecified atom stereocenters. The van der Waals surface area contributed by atoms with Gasteiger partial charge in [-0.05, 0) is 13.8 Å². The molecule has 6 nitrogen and oxygen atoms in total. The highest BCUT2D eigenvalue weighted by Crippen LogP contribution is 2.25. The summed E-state index contributed by atoms with van der Waals surface area (Å²) in [5, 5.41) is 13.0. The van der Waals surface area contributed by atoms with E-state index in [9.17, 15) is 0 Å². The van der Waals surface area contributed by atoms with Crippen LogP contribution in [-0.2, 0) is 12.8 Å². The Hall–Kier alpha value is -1.50. The number of nitrogen functional groups attached to an aromatic ring is 1. The minimum absolute atomic E-state index is 0.265. The fourth-order valence-corrected chi connectivity index (χ4v) is 2.55. The Morgan fingerprint density at radius 3 is 2.76 bits per heavy atom. The van der Waals surface area contributed by atoms with E-state index in [1.54, 1.807) is 16.4 Å². The fourth-order valence-electron chi connectivity index (χ4n) is 1.57. The highest BCUT2D eigenvalue weighted by Gasteiger charge is 2.12. The number of hydrogen-bond acceptors (Lipinski definition) is 5. The maximum Gasteiger partial charge on any atom is 0.222 e. The van der Waals surface area contributed by atoms with Crippen LogP contribution < -0.4 is 5.73 Å². The minimum Gasteiger partial charge on any atom is -0.368 e. The van der Waals surface area contributed by atoms with Crippen molar-refractivity contribution in [3.63, 3.8) is 0 Å². The largest absolute Gasteiger partial charge is 0.368 e. The Morgan fingerprint density at radius 2 is 2.18 bits per heavy atom. The minimum atomic E-state index is 0.265. The lowest BCUT2D eigenvalue weighted by atomic mass is 10.4. The van der Waals surface area contributed by atoms with Gasteiger partial charge < -0.3 is 5.73 Å². The molecule has 0 aliphatic rings. The third kappa shape index (κ3) is 2.60. The lowest BCUT2D eigenvalue weighted by Crippen LogP contribution is -2.06. The second-order valence-electron chi connectivity index (χ2n) is 4.12. The predicted octanol–water partition coefficient (Wildman–Crippen LogP) is 1.47. The summed E-state index contributed by atoms with van der Waals surface area (Å²) in [6.07, 6.45) is 3.85. The number of thioether (sulfide) groups is 1. The zero-order valence-electron chi connectivity index (χ0n) is 10.2. The van der Waals surface area contributed by atoms with Crippen LogP contribution in [0.2, 0.25) is 0 Å². The van der Waals surface area contributed by atoms with Crippen molar-refractivity contribution >= 4 is 17.7 Å². The Bertz CT molecular complexity index is 501. The molecule has 17 heavy (non-hydrogen) atoms. The SMILES string of the molecule is CC(C)n1c(N)nnc1SCc1cnn(C)c1. The first kappa shape index (κ1) is 12.0. The lowest BCUT2D eigenvalue weighted by molar-refractivity contribution is 0.557. The van der Waals surface area contributed by atoms with Gasteiger partial charge in [-0.25, -0.2) is 0 Å². The molecule has 0 amide bonds. The first-order valence-electron chi connectivity index (χ1n) is 5.38. The molecule has 2 rings (SSSR count). The molecule has 0 saturated heterocycles. The Balaban J connectivity index is 2.09. The summed E-state index contributed by atoms with van der Waals surface area (Å²) < 4.78 is 3.72. The van der Waals surface area contributed by atoms with E-state index >= 15 is 0 Å². The molecule has 0 saturated carbocycles. The summed E-state index contributed by atoms with van der Waals surface area (Å²) in [6.45, 7) is 4.13. The van der Waals surface area contributed by atoms with E-state index in [-0.39, 0.29) is 6.04 Å². The van der Waals surface area contributed by atoms with Gasteiger partial charge in [-0.2, -0.15) is 5.10 Å². The molecule has 0 radical (unpaired) electrons. The molecule has 0 aliphatic carbocycles. The second-order valence-corrected chi connectivity index (χ2v) is 5.06. The van der Waals surface area contributed by atoms with E-state index in [2.05, 4.69) is 29.1 Å². The van der Waals surface area contributed by atoms with Gasteiger partial charge in [0.15, 0.2) is 5.16 Å². The molecule has 7 heteroatoms. The van der Waals surface area contributed by atoms with Crippen LogP contribution in [0.1, 0.15) is 25.5 Å². The lowest BCUT2D eigenvalue weighted by Gasteiger charge is -2.10. The van der Waals surface area contributed by atoms with Crippen LogP contribution >= 0.6 is 11.8 Å². The van der Waals surface area contributed by atoms with Crippen molar-refractivity contribution in [2.24, 2.45) is 7.05 Å². The number of rotatable bonds is 4. The average Bonchev–Trinajstić information content (AvgIpc) is 2.82. The van der Waals surface area contributed by atoms with Crippen molar-refractivity contribution in [3.05, 3.63) is 18.0 Å². The predicted molar refractivity (Wildman–Crippen MR) is 67.6 cm³/mol. The van der Waals surface area contributed by atoms with Gasteiger partial charge in [-0.15, -0.1) is 10.2 Å². The fraction of sp³-hybridized carbons (Fsp3) is 0.500. The third-order valence-electron chi connectivity index (χ3n) is 2.33. The molecule has 0 fully saturated rings. The number of nitrogens with two attached hydrogens (primary N) is 1. The molecule has 92 valence electrons. The molecular formula is C10H16N6S. The second kappa shape index (κ2) is 4.79. The molecule has 0 atom stereocenters. The van der Waals surface area contributed by atoms with E-state index in [4.69, 9.17) is 5.73 Å². The number of anilines is 1. The van der Waals surface area contributed by atoms with Crippen molar-refractivity contribution in [2.75, 3.05) is 5.73 Å². The van der Waals surface area contributed by atoms with Crippen molar-refractivity contribution in [1.82, 2.24) is 24.5 Å². The van der Waals surface area contributed by atoms with Crippen molar-refractivity contribution in [1.29, 1.82) is 0 Å². The van der Waals surface area contributed by atoms with Crippen LogP contribution in [0.3, 0.4) is 0 Å². The van der Waals surface area contributed by atoms with Gasteiger partial charge in [0.2, 0.25) is 5.95 Å². The van der Waals surface area contributed by atoms with Crippen LogP contribution in [0, 0.1) is 0 Å². The summed E-state index contributed by atoms with van der Waals surface area (Å²) in [5.41, 5.74) is 6.94. The van der Waals surface area contributed by atoms with E-state index in [0.717, 1.165) is 16.5 Å². The summed E-state index contributed by atoms with van der Waals surface area (Å²) in [5.74, 6) is 1.28. The monoisotopic (exact) mass is 252 g/mol. The molecule has 0 aromatic carbocycles. The third-order valence-corrected chi connectivity index (χ3v) is 3.35. The number of aryl methyl sites for hydroxylation is 1. The summed E-state index contributed by atoms with van der Waals surface area (Å²) >= 11 is 1.62. The van der Waals surface area contributed by atoms with Crippen LogP contribution in [0.4, 0.5) is 5.95 Å². The van der Waals surface area contributed by atoms with E-state index in [1.165, 1.54) is 0 Å². The molecule has 2 aromatic rings. The van der Waals surface area contributed by atoms with Crippen molar-refractivity contribution in [3.8, 4) is 0 Å². The Morgan fingerprint density at radius 1 is 1.41 bits per heavy atom. The summed E-state index contributed by atoms with van der Waals surface area (Å²) in [4.78, 5) is 0. The molecule has 0 aliphatic heterocycles. The van der Waals surface area contributed by atoms with Gasteiger partial charge in [0.05, 0.1) is 6.20 Å². The highest BCUT2D eigenvalue weighted by molar-refractivity contribution is 7.98. The quantitative estimate of drug-likeness (QED) is 0.834. The number of aromatic nitrogens is 5. The van der Waals surface area contributed by atoms with Crippen LogP contribution in [0.15, 0.2) is 17.6 Å². The summed E-state index contributed by atoms with van der Waals surface area (Å²) in [6, 6.07) is 0.265. The average molecular weight is 252 g/mol. The molecule has 0 bridgehead atoms. The standard InChI is InChI=1S/C10H16N6S/c1-7(2)16-9(11)13-14-10(16)17-6-8-4-12-15(3)5-8/h4-5,7H,6H2,1-3H3,(H2,11,13). The maximum atomic E-state index is 5.77. The Labute approximate surface area is 104 Å². The maximum absolute atomic E-state index is 5.77. The van der Waals surface area contributed by atoms with Crippen LogP contribution in [0.5, 0.6) is 0 Å². The Kier molecular flexibility index (Phi) is 3.37. The van der Waals surface area contributed by atoms with Gasteiger partial charge in [-0.3, -0.25) is 9.25 Å². The smallest absolute Gasteiger partial charge is 0.222 e. The van der Waals surface area contributed by atoms with E-state index in [1.807, 2.05) is 24.0 Å². The molecule has 2 aromatic heterocycles. The van der Waals surface area contributed by atoms with E-state index in [0.29, 0.717) is 5.95 Å². The zero-order chi connectivity index (χ0) is 12.4. The van der Waals surface area contributed by atoms with Gasteiger partial charge in [0.1, 0.15) is 0 Å². The zero-order valence-corrected chi connectivity index (χ0v) is 11.0. The first-order chi connectivity index (χ1) is 8.08. The van der Waals surface area contributed by atoms with Gasteiger partial charge >= 0.3 is 0 Å². The number of hydrogen-bond donors (Lipinski definition) is 1. The summed E-state index contributed by atoms with van der Waals surface area (Å²) in [7, 11) is 1.91. The van der Waals surface area contributed by atoms with E-state index < -0.39 is 0 Å². The van der Waals surface area contributed by atoms with Gasteiger partial charge in [-0.1, -0.05) is 11.8 Å². The number of nitrogens with zero attached hydrogens (tertiary/aromatic N) is 5. The highest BCUT2D eigenvalue weighted by atomic mass is 32.2. The van der Waals surface area contributed by atoms with Crippen LogP contribution in [-0.4, -0.2) is 24.5 Å². The topological polar surface area (TPSA) is 74.6 Å². The van der Waals surface area contributed by atoms with Crippen molar-refractivity contribution in [2.45, 2.75) is 30.8 Å². The normalized spacial score (nSPS) is 11.3. The molecule has 2 heterocycles. The molecule has 2 N–H and O–H groups in total. The first-order valence-corrected chi connectivity index (χ1v) is 6.37. The van der Waals surface area contributed by atoms with Crippen molar-refractivity contribution < 1.29 is 0 Å². The molecular weight excluding hydrogens is 236 g/mol. The van der Waals surface area contributed by atoms with Gasteiger partial charge in [0.25, 0.3) is 0 Å². The van der Waals surface area contributed by atoms with Gasteiger partial charge in [0, 0.05) is 30.6 Å². The van der Waals surface area contributed by atoms with Crippen LogP contribution in [0.25, 0.3) is 0 Å².